The minimum absolute atomic E-state index is 0.0583. The predicted molar refractivity (Wildman–Crippen MR) is 58.5 cm³/mol. The van der Waals surface area contributed by atoms with Crippen molar-refractivity contribution < 1.29 is 4.79 Å². The van der Waals surface area contributed by atoms with Gasteiger partial charge in [-0.2, -0.15) is 0 Å². The average molecular weight is 208 g/mol. The Labute approximate surface area is 88.1 Å². The van der Waals surface area contributed by atoms with Gasteiger partial charge in [-0.05, 0) is 25.1 Å². The van der Waals surface area contributed by atoms with Gasteiger partial charge in [0.05, 0.1) is 5.88 Å². The van der Waals surface area contributed by atoms with E-state index in [4.69, 9.17) is 17.3 Å². The highest BCUT2D eigenvalue weighted by molar-refractivity contribution is 6.19. The first kappa shape index (κ1) is 10.6. The lowest BCUT2D eigenvalue weighted by Crippen LogP contribution is -1.99. The molecule has 0 amide bonds. The average Bonchev–Trinajstić information content (AvgIpc) is 2.16. The number of halogens is 1. The Morgan fingerprint density at radius 3 is 2.86 bits per heavy atom. The summed E-state index contributed by atoms with van der Waals surface area (Å²) in [5, 5.41) is 0. The molecule has 1 aromatic carbocycles. The van der Waals surface area contributed by atoms with Crippen LogP contribution in [0.5, 0.6) is 0 Å². The number of Topliss-reactive ketones (excluding diaryl/α,β-unsaturated/α-hetero) is 1. The van der Waals surface area contributed by atoms with Crippen LogP contribution in [0.2, 0.25) is 0 Å². The van der Waals surface area contributed by atoms with Gasteiger partial charge >= 0.3 is 0 Å². The molecule has 14 heavy (non-hydrogen) atoms. The molecule has 2 nitrogen and oxygen atoms in total. The van der Waals surface area contributed by atoms with E-state index in [2.05, 4.69) is 11.8 Å². The van der Waals surface area contributed by atoms with Gasteiger partial charge < -0.3 is 5.73 Å². The summed E-state index contributed by atoms with van der Waals surface area (Å²) < 4.78 is 0. The van der Waals surface area contributed by atoms with Crippen LogP contribution in [-0.2, 0) is 0 Å². The van der Waals surface area contributed by atoms with E-state index in [9.17, 15) is 4.79 Å². The molecular weight excluding hydrogens is 198 g/mol. The number of hydrogen-bond donors (Lipinski definition) is 1. The van der Waals surface area contributed by atoms with Gasteiger partial charge in [0, 0.05) is 16.8 Å². The number of nitrogen functional groups attached to an aromatic ring is 1. The molecular formula is C11H10ClNO. The third kappa shape index (κ3) is 2.51. The number of carbonyl (C=O) groups is 1. The van der Waals surface area contributed by atoms with Gasteiger partial charge in [0.25, 0.3) is 0 Å². The fourth-order valence-corrected chi connectivity index (χ4v) is 1.14. The molecule has 0 radical (unpaired) electrons. The molecule has 0 aromatic heterocycles. The van der Waals surface area contributed by atoms with E-state index in [-0.39, 0.29) is 11.7 Å². The maximum Gasteiger partial charge on any atom is 0.161 e. The third-order valence-corrected chi connectivity index (χ3v) is 1.87. The molecule has 0 aliphatic rings. The number of alkyl halides is 1. The van der Waals surface area contributed by atoms with Crippen LogP contribution in [0.3, 0.4) is 0 Å². The maximum atomic E-state index is 11.1. The Kier molecular flexibility index (Phi) is 3.55. The second-order valence-electron chi connectivity index (χ2n) is 2.79. The molecule has 1 rings (SSSR count). The van der Waals surface area contributed by atoms with Crippen LogP contribution in [0, 0.1) is 11.8 Å². The lowest BCUT2D eigenvalue weighted by molar-refractivity contribution is 0.101. The molecule has 72 valence electrons. The van der Waals surface area contributed by atoms with Crippen molar-refractivity contribution in [2.75, 3.05) is 11.6 Å². The normalized spacial score (nSPS) is 9.00. The van der Waals surface area contributed by atoms with Crippen molar-refractivity contribution in [1.29, 1.82) is 0 Å². The van der Waals surface area contributed by atoms with Crippen molar-refractivity contribution in [3.05, 3.63) is 29.3 Å². The number of hydrogen-bond acceptors (Lipinski definition) is 2. The second kappa shape index (κ2) is 4.69. The van der Waals surface area contributed by atoms with Crippen LogP contribution in [0.1, 0.15) is 22.8 Å². The summed E-state index contributed by atoms with van der Waals surface area (Å²) in [6, 6.07) is 5.12. The molecule has 0 saturated carbocycles. The predicted octanol–water partition coefficient (Wildman–Crippen LogP) is 2.06. The van der Waals surface area contributed by atoms with Gasteiger partial charge in [0.15, 0.2) is 5.78 Å². The number of benzene rings is 1. The number of nitrogens with two attached hydrogens (primary N) is 1. The summed E-state index contributed by atoms with van der Waals surface area (Å²) in [6.45, 7) is 1.48. The first-order valence-electron chi connectivity index (χ1n) is 4.10. The molecule has 3 heteroatoms. The zero-order chi connectivity index (χ0) is 10.6. The zero-order valence-electron chi connectivity index (χ0n) is 7.80. The standard InChI is InChI=1S/C11H10ClNO/c1-8(14)10-7-9(3-2-6-12)4-5-11(10)13/h4-5,7H,6,13H2,1H3. The summed E-state index contributed by atoms with van der Waals surface area (Å²) >= 11 is 5.42. The molecule has 0 aliphatic carbocycles. The van der Waals surface area contributed by atoms with E-state index in [1.165, 1.54) is 6.92 Å². The SMILES string of the molecule is CC(=O)c1cc(C#CCCl)ccc1N. The number of carbonyl (C=O) groups excluding carboxylic acids is 1. The Bertz CT molecular complexity index is 415. The number of rotatable bonds is 1. The first-order chi connectivity index (χ1) is 6.65. The van der Waals surface area contributed by atoms with E-state index < -0.39 is 0 Å². The van der Waals surface area contributed by atoms with Crippen molar-refractivity contribution in [3.63, 3.8) is 0 Å². The third-order valence-electron chi connectivity index (χ3n) is 1.73. The zero-order valence-corrected chi connectivity index (χ0v) is 8.56. The summed E-state index contributed by atoms with van der Waals surface area (Å²) in [6.07, 6.45) is 0. The highest BCUT2D eigenvalue weighted by Crippen LogP contribution is 2.14. The van der Waals surface area contributed by atoms with E-state index in [0.29, 0.717) is 11.3 Å². The van der Waals surface area contributed by atoms with E-state index >= 15 is 0 Å². The van der Waals surface area contributed by atoms with Gasteiger partial charge in [-0.3, -0.25) is 4.79 Å². The minimum Gasteiger partial charge on any atom is -0.398 e. The molecule has 0 fully saturated rings. The van der Waals surface area contributed by atoms with Crippen molar-refractivity contribution in [3.8, 4) is 11.8 Å². The van der Waals surface area contributed by atoms with Crippen LogP contribution in [0.25, 0.3) is 0 Å². The Morgan fingerprint density at radius 2 is 2.29 bits per heavy atom. The Balaban J connectivity index is 3.13. The van der Waals surface area contributed by atoms with Gasteiger partial charge in [-0.1, -0.05) is 11.8 Å². The first-order valence-corrected chi connectivity index (χ1v) is 4.64. The Morgan fingerprint density at radius 1 is 1.57 bits per heavy atom. The lowest BCUT2D eigenvalue weighted by Gasteiger charge is -2.01. The highest BCUT2D eigenvalue weighted by Gasteiger charge is 2.04. The largest absolute Gasteiger partial charge is 0.398 e. The van der Waals surface area contributed by atoms with Gasteiger partial charge in [0.1, 0.15) is 0 Å². The molecule has 0 spiro atoms. The van der Waals surface area contributed by atoms with Crippen molar-refractivity contribution in [2.24, 2.45) is 0 Å². The van der Waals surface area contributed by atoms with Crippen molar-refractivity contribution in [1.82, 2.24) is 0 Å². The smallest absolute Gasteiger partial charge is 0.161 e. The fourth-order valence-electron chi connectivity index (χ4n) is 1.07. The summed E-state index contributed by atoms with van der Waals surface area (Å²) in [7, 11) is 0. The lowest BCUT2D eigenvalue weighted by atomic mass is 10.1. The van der Waals surface area contributed by atoms with Gasteiger partial charge in [0.2, 0.25) is 0 Å². The minimum atomic E-state index is -0.0583. The van der Waals surface area contributed by atoms with Crippen LogP contribution in [0.15, 0.2) is 18.2 Å². The van der Waals surface area contributed by atoms with E-state index in [0.717, 1.165) is 5.56 Å². The molecule has 2 N–H and O–H groups in total. The van der Waals surface area contributed by atoms with Gasteiger partial charge in [-0.15, -0.1) is 11.6 Å². The van der Waals surface area contributed by atoms with Crippen LogP contribution < -0.4 is 5.73 Å². The molecule has 0 unspecified atom stereocenters. The molecule has 0 aliphatic heterocycles. The highest BCUT2D eigenvalue weighted by atomic mass is 35.5. The topological polar surface area (TPSA) is 43.1 Å². The molecule has 0 heterocycles. The van der Waals surface area contributed by atoms with Crippen LogP contribution in [-0.4, -0.2) is 11.7 Å². The summed E-state index contributed by atoms with van der Waals surface area (Å²) in [5.74, 6) is 5.76. The van der Waals surface area contributed by atoms with Crippen molar-refractivity contribution in [2.45, 2.75) is 6.92 Å². The van der Waals surface area contributed by atoms with Gasteiger partial charge in [-0.25, -0.2) is 0 Å². The molecule has 0 bridgehead atoms. The molecule has 0 atom stereocenters. The Hall–Kier alpha value is -1.46. The second-order valence-corrected chi connectivity index (χ2v) is 3.06. The van der Waals surface area contributed by atoms with Crippen LogP contribution >= 0.6 is 11.6 Å². The van der Waals surface area contributed by atoms with Crippen LogP contribution in [0.4, 0.5) is 5.69 Å². The quantitative estimate of drug-likeness (QED) is 0.332. The molecule has 1 aromatic rings. The molecule has 0 saturated heterocycles. The monoisotopic (exact) mass is 207 g/mol. The van der Waals surface area contributed by atoms with E-state index in [1.807, 2.05) is 0 Å². The summed E-state index contributed by atoms with van der Waals surface area (Å²) in [4.78, 5) is 11.1. The summed E-state index contributed by atoms with van der Waals surface area (Å²) in [5.41, 5.74) is 7.37. The van der Waals surface area contributed by atoms with E-state index in [1.54, 1.807) is 18.2 Å². The number of ketones is 1. The van der Waals surface area contributed by atoms with Crippen molar-refractivity contribution >= 4 is 23.1 Å². The maximum absolute atomic E-state index is 11.1. The number of anilines is 1. The fraction of sp³-hybridized carbons (Fsp3) is 0.182.